The van der Waals surface area contributed by atoms with Gasteiger partial charge >= 0.3 is 0 Å². The topological polar surface area (TPSA) is 116 Å². The number of ether oxygens (including phenoxy) is 3. The molecule has 0 saturated heterocycles. The van der Waals surface area contributed by atoms with Crippen molar-refractivity contribution in [3.8, 4) is 11.5 Å². The summed E-state index contributed by atoms with van der Waals surface area (Å²) in [5.74, 6) is 0.343. The van der Waals surface area contributed by atoms with E-state index in [0.717, 1.165) is 11.1 Å². The van der Waals surface area contributed by atoms with Gasteiger partial charge in [-0.15, -0.1) is 0 Å². The fraction of sp³-hybridized carbons (Fsp3) is 0.280. The highest BCUT2D eigenvalue weighted by Gasteiger charge is 2.17. The number of rotatable bonds is 13. The Bertz CT molecular complexity index is 1250. The summed E-state index contributed by atoms with van der Waals surface area (Å²) < 4.78 is 56.3. The Morgan fingerprint density at radius 2 is 1.69 bits per heavy atom. The third-order valence-electron chi connectivity index (χ3n) is 5.11. The second-order valence-electron chi connectivity index (χ2n) is 7.75. The van der Waals surface area contributed by atoms with Gasteiger partial charge in [-0.1, -0.05) is 18.2 Å². The first-order chi connectivity index (χ1) is 17.3. The van der Waals surface area contributed by atoms with Crippen LogP contribution in [0, 0.1) is 5.82 Å². The predicted molar refractivity (Wildman–Crippen MR) is 132 cm³/mol. The molecule has 0 spiro atoms. The second kappa shape index (κ2) is 12.8. The van der Waals surface area contributed by atoms with E-state index >= 15 is 0 Å². The first-order valence-electron chi connectivity index (χ1n) is 11.1. The average Bonchev–Trinajstić information content (AvgIpc) is 2.88. The molecule has 0 aliphatic rings. The number of sulfonamides is 1. The summed E-state index contributed by atoms with van der Waals surface area (Å²) in [5, 5.41) is 2.77. The number of amides is 1. The van der Waals surface area contributed by atoms with Gasteiger partial charge in [0.1, 0.15) is 18.2 Å². The third-order valence-corrected chi connectivity index (χ3v) is 6.46. The molecule has 3 aromatic rings. The smallest absolute Gasteiger partial charge is 0.263 e. The van der Waals surface area contributed by atoms with Crippen LogP contribution in [0.3, 0.4) is 0 Å². The number of anilines is 1. The number of nitrogens with one attached hydrogen (secondary N) is 2. The van der Waals surface area contributed by atoms with E-state index in [-0.39, 0.29) is 35.7 Å². The van der Waals surface area contributed by atoms with E-state index in [1.807, 2.05) is 0 Å². The Kier molecular flexibility index (Phi) is 9.60. The molecule has 0 aliphatic carbocycles. The summed E-state index contributed by atoms with van der Waals surface area (Å²) in [6.07, 6.45) is 2.90. The van der Waals surface area contributed by atoms with E-state index in [4.69, 9.17) is 14.2 Å². The van der Waals surface area contributed by atoms with Crippen molar-refractivity contribution in [2.45, 2.75) is 24.3 Å². The molecule has 0 atom stereocenters. The van der Waals surface area contributed by atoms with Crippen molar-refractivity contribution in [3.05, 3.63) is 77.7 Å². The van der Waals surface area contributed by atoms with Crippen LogP contribution in [0.5, 0.6) is 11.5 Å². The van der Waals surface area contributed by atoms with Crippen molar-refractivity contribution >= 4 is 21.7 Å². The maximum atomic E-state index is 12.9. The Morgan fingerprint density at radius 3 is 2.36 bits per heavy atom. The number of carbonyl (C=O) groups is 1. The number of aromatic nitrogens is 1. The van der Waals surface area contributed by atoms with Crippen LogP contribution >= 0.6 is 0 Å². The second-order valence-corrected chi connectivity index (χ2v) is 9.43. The summed E-state index contributed by atoms with van der Waals surface area (Å²) in [4.78, 5) is 16.1. The fourth-order valence-electron chi connectivity index (χ4n) is 3.23. The zero-order valence-corrected chi connectivity index (χ0v) is 20.8. The third kappa shape index (κ3) is 7.92. The molecule has 0 unspecified atom stereocenters. The number of hydrogen-bond donors (Lipinski definition) is 2. The summed E-state index contributed by atoms with van der Waals surface area (Å²) >= 11 is 0. The van der Waals surface area contributed by atoms with Crippen LogP contribution in [-0.2, 0) is 32.6 Å². The SMILES string of the molecule is COc1ccc(S(=O)(=O)Nc2ccc(CCCNC(=O)COCc3ccc(F)cc3)cn2)cc1OC. The minimum absolute atomic E-state index is 0.0170. The van der Waals surface area contributed by atoms with Crippen LogP contribution in [0.4, 0.5) is 10.2 Å². The molecule has 1 aromatic heterocycles. The molecule has 1 heterocycles. The van der Waals surface area contributed by atoms with Crippen molar-refractivity contribution in [3.63, 3.8) is 0 Å². The molecule has 0 radical (unpaired) electrons. The molecular weight excluding hydrogens is 489 g/mol. The van der Waals surface area contributed by atoms with Gasteiger partial charge in [-0.05, 0) is 54.3 Å². The molecule has 0 bridgehead atoms. The number of halogens is 1. The fourth-order valence-corrected chi connectivity index (χ4v) is 4.25. The highest BCUT2D eigenvalue weighted by Crippen LogP contribution is 2.30. The van der Waals surface area contributed by atoms with Gasteiger partial charge in [0.05, 0.1) is 25.7 Å². The van der Waals surface area contributed by atoms with E-state index in [2.05, 4.69) is 15.0 Å². The average molecular weight is 518 g/mol. The number of nitrogens with zero attached hydrogens (tertiary/aromatic N) is 1. The normalized spacial score (nSPS) is 11.1. The number of carbonyl (C=O) groups excluding carboxylic acids is 1. The maximum absolute atomic E-state index is 12.9. The first-order valence-corrected chi connectivity index (χ1v) is 12.6. The van der Waals surface area contributed by atoms with Gasteiger partial charge in [0.25, 0.3) is 10.0 Å². The molecule has 2 aromatic carbocycles. The van der Waals surface area contributed by atoms with Gasteiger partial charge in [0.15, 0.2) is 11.5 Å². The summed E-state index contributed by atoms with van der Waals surface area (Å²) in [5.41, 5.74) is 1.68. The Labute approximate surface area is 209 Å². The number of benzene rings is 2. The standard InChI is InChI=1S/C25H28FN3O6S/c1-33-22-11-10-21(14-23(22)34-2)36(31,32)29-24-12-7-18(15-28-24)4-3-13-27-25(30)17-35-16-19-5-8-20(26)9-6-19/h5-12,14-15H,3-4,13,16-17H2,1-2H3,(H,27,30)(H,28,29). The first kappa shape index (κ1) is 26.9. The van der Waals surface area contributed by atoms with E-state index in [1.165, 1.54) is 44.6 Å². The van der Waals surface area contributed by atoms with Crippen molar-refractivity contribution in [1.82, 2.24) is 10.3 Å². The van der Waals surface area contributed by atoms with Gasteiger partial charge in [-0.2, -0.15) is 0 Å². The van der Waals surface area contributed by atoms with Gasteiger partial charge in [0, 0.05) is 18.8 Å². The Morgan fingerprint density at radius 1 is 0.972 bits per heavy atom. The van der Waals surface area contributed by atoms with Crippen LogP contribution in [0.25, 0.3) is 0 Å². The molecular formula is C25H28FN3O6S. The summed E-state index contributed by atoms with van der Waals surface area (Å²) in [6.45, 7) is 0.585. The zero-order valence-electron chi connectivity index (χ0n) is 20.0. The molecule has 192 valence electrons. The molecule has 2 N–H and O–H groups in total. The Hall–Kier alpha value is -3.70. The number of hydrogen-bond acceptors (Lipinski definition) is 7. The van der Waals surface area contributed by atoms with Crippen molar-refractivity contribution < 1.29 is 31.8 Å². The molecule has 0 aliphatic heterocycles. The highest BCUT2D eigenvalue weighted by atomic mass is 32.2. The molecule has 36 heavy (non-hydrogen) atoms. The minimum Gasteiger partial charge on any atom is -0.493 e. The number of aryl methyl sites for hydroxylation is 1. The summed E-state index contributed by atoms with van der Waals surface area (Å²) in [6, 6.07) is 13.5. The maximum Gasteiger partial charge on any atom is 0.263 e. The largest absolute Gasteiger partial charge is 0.493 e. The Balaban J connectivity index is 1.40. The lowest BCUT2D eigenvalue weighted by Gasteiger charge is -2.11. The van der Waals surface area contributed by atoms with E-state index in [0.29, 0.717) is 30.9 Å². The van der Waals surface area contributed by atoms with Crippen LogP contribution in [0.15, 0.2) is 65.7 Å². The van der Waals surface area contributed by atoms with Crippen molar-refractivity contribution in [2.75, 3.05) is 32.1 Å². The van der Waals surface area contributed by atoms with Crippen LogP contribution < -0.4 is 19.5 Å². The number of methoxy groups -OCH3 is 2. The molecule has 9 nitrogen and oxygen atoms in total. The highest BCUT2D eigenvalue weighted by molar-refractivity contribution is 7.92. The lowest BCUT2D eigenvalue weighted by molar-refractivity contribution is -0.126. The van der Waals surface area contributed by atoms with Crippen molar-refractivity contribution in [2.24, 2.45) is 0 Å². The lowest BCUT2D eigenvalue weighted by Crippen LogP contribution is -2.28. The monoisotopic (exact) mass is 517 g/mol. The van der Waals surface area contributed by atoms with Crippen molar-refractivity contribution in [1.29, 1.82) is 0 Å². The summed E-state index contributed by atoms with van der Waals surface area (Å²) in [7, 11) is -0.969. The molecule has 0 saturated carbocycles. The molecule has 1 amide bonds. The molecule has 11 heteroatoms. The van der Waals surface area contributed by atoms with Crippen LogP contribution in [-0.4, -0.2) is 46.7 Å². The quantitative estimate of drug-likeness (QED) is 0.334. The van der Waals surface area contributed by atoms with E-state index < -0.39 is 10.0 Å². The van der Waals surface area contributed by atoms with E-state index in [9.17, 15) is 17.6 Å². The van der Waals surface area contributed by atoms with Gasteiger partial charge in [-0.3, -0.25) is 9.52 Å². The zero-order chi connectivity index (χ0) is 26.0. The van der Waals surface area contributed by atoms with Gasteiger partial charge in [0.2, 0.25) is 5.91 Å². The predicted octanol–water partition coefficient (Wildman–Crippen LogP) is 3.30. The molecule has 0 fully saturated rings. The molecule has 3 rings (SSSR count). The van der Waals surface area contributed by atoms with Crippen LogP contribution in [0.2, 0.25) is 0 Å². The van der Waals surface area contributed by atoms with E-state index in [1.54, 1.807) is 30.5 Å². The van der Waals surface area contributed by atoms with Gasteiger partial charge in [-0.25, -0.2) is 17.8 Å². The number of pyridine rings is 1. The van der Waals surface area contributed by atoms with Crippen LogP contribution in [0.1, 0.15) is 17.5 Å². The minimum atomic E-state index is -3.87. The van der Waals surface area contributed by atoms with Gasteiger partial charge < -0.3 is 19.5 Å². The lowest BCUT2D eigenvalue weighted by atomic mass is 10.1.